The van der Waals surface area contributed by atoms with Gasteiger partial charge < -0.3 is 10.8 Å². The van der Waals surface area contributed by atoms with Gasteiger partial charge in [0.15, 0.2) is 0 Å². The highest BCUT2D eigenvalue weighted by Gasteiger charge is 2.15. The van der Waals surface area contributed by atoms with Crippen molar-refractivity contribution < 1.29 is 14.7 Å². The third-order valence-corrected chi connectivity index (χ3v) is 4.41. The number of fused-ring (bicyclic) bond motifs is 1. The number of carbonyl (C=O) groups excluding carboxylic acids is 2. The van der Waals surface area contributed by atoms with Gasteiger partial charge in [-0.25, -0.2) is 0 Å². The molecule has 5 nitrogen and oxygen atoms in total. The topological polar surface area (TPSA) is 93.3 Å². The Balaban J connectivity index is 2.30. The molecular weight excluding hydrogens is 304 g/mol. The van der Waals surface area contributed by atoms with Crippen LogP contribution in [0.15, 0.2) is 18.2 Å². The number of nitrogens with zero attached hydrogens (tertiary/aromatic N) is 1. The summed E-state index contributed by atoms with van der Waals surface area (Å²) >= 11 is 0. The van der Waals surface area contributed by atoms with E-state index in [0.29, 0.717) is 35.7 Å². The number of aliphatic hydroxyl groups is 1. The van der Waals surface area contributed by atoms with Gasteiger partial charge in [-0.3, -0.25) is 14.6 Å². The molecule has 2 rings (SSSR count). The summed E-state index contributed by atoms with van der Waals surface area (Å²) in [6.07, 6.45) is 1.32. The van der Waals surface area contributed by atoms with Crippen molar-refractivity contribution in [2.45, 2.75) is 52.6 Å². The van der Waals surface area contributed by atoms with Gasteiger partial charge in [-0.15, -0.1) is 0 Å². The van der Waals surface area contributed by atoms with Gasteiger partial charge in [0.2, 0.25) is 5.91 Å². The molecule has 1 heterocycles. The number of nitrogens with two attached hydrogens (primary N) is 1. The minimum absolute atomic E-state index is 0.0688. The summed E-state index contributed by atoms with van der Waals surface area (Å²) in [5.74, 6) is -0.420. The van der Waals surface area contributed by atoms with E-state index in [1.165, 1.54) is 0 Å². The Morgan fingerprint density at radius 3 is 2.62 bits per heavy atom. The van der Waals surface area contributed by atoms with Crippen molar-refractivity contribution in [3.05, 3.63) is 40.6 Å². The van der Waals surface area contributed by atoms with E-state index in [-0.39, 0.29) is 12.2 Å². The highest BCUT2D eigenvalue weighted by molar-refractivity contribution is 6.07. The van der Waals surface area contributed by atoms with Crippen LogP contribution in [0.3, 0.4) is 0 Å². The number of hydrogen-bond acceptors (Lipinski definition) is 4. The number of aliphatic hydroxyl groups excluding tert-OH is 1. The molecule has 0 aliphatic carbocycles. The average Bonchev–Trinajstić information content (AvgIpc) is 2.53. The lowest BCUT2D eigenvalue weighted by Crippen LogP contribution is -2.15. The number of pyridine rings is 1. The zero-order valence-electron chi connectivity index (χ0n) is 14.4. The number of aryl methyl sites for hydroxylation is 1. The summed E-state index contributed by atoms with van der Waals surface area (Å²) in [7, 11) is 0. The molecule has 1 atom stereocenters. The van der Waals surface area contributed by atoms with Crippen LogP contribution in [0.2, 0.25) is 0 Å². The Hall–Kier alpha value is -2.27. The van der Waals surface area contributed by atoms with Crippen LogP contribution >= 0.6 is 0 Å². The molecule has 1 aromatic heterocycles. The molecular formula is C19H24N2O3. The Bertz CT molecular complexity index is 784. The Kier molecular flexibility index (Phi) is 5.67. The zero-order valence-corrected chi connectivity index (χ0v) is 14.4. The van der Waals surface area contributed by atoms with Crippen molar-refractivity contribution in [2.24, 2.45) is 5.73 Å². The van der Waals surface area contributed by atoms with E-state index >= 15 is 0 Å². The standard InChI is InChI=1S/C19H24N2O3/c1-4-14(22)6-7-15(23)9-13-5-8-17-16(10-13)18(19(20)24)11(2)12(3)21-17/h5,8,10,14,22H,4,6-7,9H2,1-3H3,(H2,20,24). The summed E-state index contributed by atoms with van der Waals surface area (Å²) in [5.41, 5.74) is 9.07. The quantitative estimate of drug-likeness (QED) is 0.817. The summed E-state index contributed by atoms with van der Waals surface area (Å²) in [5, 5.41) is 10.2. The van der Waals surface area contributed by atoms with Crippen LogP contribution < -0.4 is 5.73 Å². The predicted octanol–water partition coefficient (Wildman–Crippen LogP) is 2.61. The molecule has 1 unspecified atom stereocenters. The van der Waals surface area contributed by atoms with Gasteiger partial charge in [0.1, 0.15) is 5.78 Å². The van der Waals surface area contributed by atoms with E-state index in [1.807, 2.05) is 39.0 Å². The second kappa shape index (κ2) is 7.53. The van der Waals surface area contributed by atoms with Crippen LogP contribution in [0.5, 0.6) is 0 Å². The normalized spacial score (nSPS) is 12.3. The van der Waals surface area contributed by atoms with Gasteiger partial charge in [0.05, 0.1) is 17.2 Å². The zero-order chi connectivity index (χ0) is 17.9. The maximum atomic E-state index is 12.1. The number of carbonyl (C=O) groups is 2. The van der Waals surface area contributed by atoms with Crippen LogP contribution in [0, 0.1) is 13.8 Å². The highest BCUT2D eigenvalue weighted by Crippen LogP contribution is 2.24. The molecule has 3 N–H and O–H groups in total. The van der Waals surface area contributed by atoms with Crippen molar-refractivity contribution in [3.8, 4) is 0 Å². The summed E-state index contributed by atoms with van der Waals surface area (Å²) in [4.78, 5) is 28.4. The third-order valence-electron chi connectivity index (χ3n) is 4.41. The molecule has 128 valence electrons. The van der Waals surface area contributed by atoms with E-state index in [4.69, 9.17) is 5.73 Å². The SMILES string of the molecule is CCC(O)CCC(=O)Cc1ccc2nc(C)c(C)c(C(N)=O)c2c1. The second-order valence-electron chi connectivity index (χ2n) is 6.23. The van der Waals surface area contributed by atoms with Gasteiger partial charge in [0.25, 0.3) is 0 Å². The molecule has 0 saturated carbocycles. The summed E-state index contributed by atoms with van der Waals surface area (Å²) in [6, 6.07) is 5.49. The average molecular weight is 328 g/mol. The van der Waals surface area contributed by atoms with Crippen molar-refractivity contribution in [2.75, 3.05) is 0 Å². The van der Waals surface area contributed by atoms with Crippen LogP contribution in [-0.2, 0) is 11.2 Å². The lowest BCUT2D eigenvalue weighted by Gasteiger charge is -2.11. The number of primary amides is 1. The molecule has 0 saturated heterocycles. The first-order valence-electron chi connectivity index (χ1n) is 8.22. The number of amides is 1. The fourth-order valence-electron chi connectivity index (χ4n) is 2.80. The van der Waals surface area contributed by atoms with Crippen LogP contribution in [0.25, 0.3) is 10.9 Å². The molecule has 2 aromatic rings. The molecule has 24 heavy (non-hydrogen) atoms. The maximum Gasteiger partial charge on any atom is 0.249 e. The minimum Gasteiger partial charge on any atom is -0.393 e. The summed E-state index contributed by atoms with van der Waals surface area (Å²) in [6.45, 7) is 5.56. The molecule has 5 heteroatoms. The molecule has 1 amide bonds. The first-order valence-corrected chi connectivity index (χ1v) is 8.22. The van der Waals surface area contributed by atoms with E-state index in [0.717, 1.165) is 16.8 Å². The van der Waals surface area contributed by atoms with E-state index in [1.54, 1.807) is 0 Å². The number of aromatic nitrogens is 1. The van der Waals surface area contributed by atoms with Crippen molar-refractivity contribution in [1.29, 1.82) is 0 Å². The smallest absolute Gasteiger partial charge is 0.249 e. The van der Waals surface area contributed by atoms with Crippen LogP contribution in [0.1, 0.15) is 53.4 Å². The molecule has 0 bridgehead atoms. The number of benzene rings is 1. The van der Waals surface area contributed by atoms with Gasteiger partial charge in [-0.2, -0.15) is 0 Å². The number of rotatable bonds is 7. The van der Waals surface area contributed by atoms with E-state index in [2.05, 4.69) is 4.98 Å². The first-order chi connectivity index (χ1) is 11.3. The molecule has 0 aliphatic heterocycles. The number of Topliss-reactive ketones (excluding diaryl/α,β-unsaturated/α-hetero) is 1. The van der Waals surface area contributed by atoms with Gasteiger partial charge in [0, 0.05) is 23.9 Å². The number of hydrogen-bond donors (Lipinski definition) is 2. The maximum absolute atomic E-state index is 12.1. The molecule has 0 radical (unpaired) electrons. The second-order valence-corrected chi connectivity index (χ2v) is 6.23. The van der Waals surface area contributed by atoms with Crippen molar-refractivity contribution in [3.63, 3.8) is 0 Å². The Labute approximate surface area is 141 Å². The van der Waals surface area contributed by atoms with Gasteiger partial charge >= 0.3 is 0 Å². The minimum atomic E-state index is -0.488. The fraction of sp³-hybridized carbons (Fsp3) is 0.421. The first kappa shape index (κ1) is 18.1. The Morgan fingerprint density at radius 2 is 2.00 bits per heavy atom. The molecule has 0 spiro atoms. The third kappa shape index (κ3) is 3.97. The van der Waals surface area contributed by atoms with Gasteiger partial charge in [-0.1, -0.05) is 13.0 Å². The summed E-state index contributed by atoms with van der Waals surface area (Å²) < 4.78 is 0. The predicted molar refractivity (Wildman–Crippen MR) is 94.0 cm³/mol. The van der Waals surface area contributed by atoms with Crippen LogP contribution in [-0.4, -0.2) is 27.9 Å². The molecule has 0 aliphatic rings. The molecule has 0 fully saturated rings. The largest absolute Gasteiger partial charge is 0.393 e. The monoisotopic (exact) mass is 328 g/mol. The van der Waals surface area contributed by atoms with E-state index in [9.17, 15) is 14.7 Å². The lowest BCUT2D eigenvalue weighted by molar-refractivity contribution is -0.119. The van der Waals surface area contributed by atoms with Crippen molar-refractivity contribution >= 4 is 22.6 Å². The Morgan fingerprint density at radius 1 is 1.29 bits per heavy atom. The van der Waals surface area contributed by atoms with Crippen LogP contribution in [0.4, 0.5) is 0 Å². The van der Waals surface area contributed by atoms with Gasteiger partial charge in [-0.05, 0) is 49.9 Å². The van der Waals surface area contributed by atoms with E-state index < -0.39 is 12.0 Å². The van der Waals surface area contributed by atoms with Crippen molar-refractivity contribution in [1.82, 2.24) is 4.98 Å². The highest BCUT2D eigenvalue weighted by atomic mass is 16.3. The number of ketones is 1. The lowest BCUT2D eigenvalue weighted by atomic mass is 9.97. The molecule has 1 aromatic carbocycles. The fourth-order valence-corrected chi connectivity index (χ4v) is 2.80.